The van der Waals surface area contributed by atoms with Crippen molar-refractivity contribution in [2.75, 3.05) is 10.6 Å². The van der Waals surface area contributed by atoms with Crippen molar-refractivity contribution in [3.63, 3.8) is 0 Å². The Morgan fingerprint density at radius 3 is 2.27 bits per heavy atom. The molecule has 3 aromatic rings. The van der Waals surface area contributed by atoms with E-state index in [9.17, 15) is 9.12 Å². The van der Waals surface area contributed by atoms with Gasteiger partial charge in [0.15, 0.2) is 11.5 Å². The molecule has 3 rings (SSSR count). The molecule has 0 bridgehead atoms. The third-order valence-electron chi connectivity index (χ3n) is 3.41. The van der Waals surface area contributed by atoms with Crippen LogP contribution in [0.25, 0.3) is 0 Å². The third-order valence-corrected chi connectivity index (χ3v) is 4.48. The fraction of sp³-hybridized carbons (Fsp3) is 0. The minimum Gasteiger partial charge on any atom is -0.338 e. The van der Waals surface area contributed by atoms with Crippen LogP contribution in [0.1, 0.15) is 0 Å². The summed E-state index contributed by atoms with van der Waals surface area (Å²) < 4.78 is 11.7. The van der Waals surface area contributed by atoms with Crippen LogP contribution in [0.4, 0.5) is 28.8 Å². The van der Waals surface area contributed by atoms with Gasteiger partial charge < -0.3 is 10.6 Å². The molecule has 26 heavy (non-hydrogen) atoms. The average molecular weight is 368 g/mol. The summed E-state index contributed by atoms with van der Waals surface area (Å²) in [4.78, 5) is 19.8. The summed E-state index contributed by atoms with van der Waals surface area (Å²) in [5.41, 5.74) is 1.52. The van der Waals surface area contributed by atoms with E-state index in [0.717, 1.165) is 5.69 Å². The van der Waals surface area contributed by atoms with E-state index in [2.05, 4.69) is 31.6 Å². The van der Waals surface area contributed by atoms with Gasteiger partial charge in [0.05, 0.1) is 15.9 Å². The summed E-state index contributed by atoms with van der Waals surface area (Å²) in [7, 11) is -2.76. The zero-order valence-electron chi connectivity index (χ0n) is 13.6. The number of nitrogens with one attached hydrogen (secondary N) is 2. The van der Waals surface area contributed by atoms with E-state index in [4.69, 9.17) is 5.14 Å². The van der Waals surface area contributed by atoms with Crippen molar-refractivity contribution in [1.29, 1.82) is 0 Å². The van der Waals surface area contributed by atoms with Crippen LogP contribution in [0.15, 0.2) is 70.9 Å². The normalized spacial score (nSPS) is 12.8. The lowest BCUT2D eigenvalue weighted by Gasteiger charge is -2.10. The number of nitroso groups, excluding NO2 is 1. The second-order valence-corrected chi connectivity index (χ2v) is 7.31. The highest BCUT2D eigenvalue weighted by Gasteiger charge is 2.09. The van der Waals surface area contributed by atoms with Gasteiger partial charge in [-0.3, -0.25) is 5.14 Å². The Kier molecular flexibility index (Phi) is 4.92. The van der Waals surface area contributed by atoms with Crippen molar-refractivity contribution < 1.29 is 4.21 Å². The van der Waals surface area contributed by atoms with Crippen molar-refractivity contribution in [1.82, 2.24) is 9.97 Å². The molecule has 0 saturated carbocycles. The predicted octanol–water partition coefficient (Wildman–Crippen LogP) is 3.31. The largest absolute Gasteiger partial charge is 0.338 e. The maximum atomic E-state index is 11.7. The minimum atomic E-state index is -2.76. The molecular weight excluding hydrogens is 352 g/mol. The highest BCUT2D eigenvalue weighted by Crippen LogP contribution is 2.27. The van der Waals surface area contributed by atoms with Gasteiger partial charge in [0.1, 0.15) is 0 Å². The smallest absolute Gasteiger partial charge is 0.229 e. The van der Waals surface area contributed by atoms with Crippen LogP contribution < -0.4 is 15.8 Å². The summed E-state index contributed by atoms with van der Waals surface area (Å²) in [5.74, 6) is 3.99. The molecule has 0 aliphatic heterocycles. The lowest BCUT2D eigenvalue weighted by molar-refractivity contribution is 0.682. The van der Waals surface area contributed by atoms with Crippen molar-refractivity contribution in [2.45, 2.75) is 4.90 Å². The van der Waals surface area contributed by atoms with E-state index in [0.29, 0.717) is 10.6 Å². The third kappa shape index (κ3) is 4.21. The first-order valence-electron chi connectivity index (χ1n) is 7.50. The number of para-hydroxylation sites is 1. The van der Waals surface area contributed by atoms with Gasteiger partial charge in [-0.15, -0.1) is 4.91 Å². The van der Waals surface area contributed by atoms with Gasteiger partial charge in [-0.1, -0.05) is 18.2 Å². The van der Waals surface area contributed by atoms with Crippen molar-refractivity contribution >= 4 is 44.4 Å². The molecule has 0 radical (unpaired) electrons. The second kappa shape index (κ2) is 7.30. The van der Waals surface area contributed by atoms with Crippen LogP contribution in [0.3, 0.4) is 0 Å². The molecule has 2 aromatic carbocycles. The van der Waals surface area contributed by atoms with Gasteiger partial charge in [0.2, 0.25) is 5.95 Å². The summed E-state index contributed by atoms with van der Waals surface area (Å²) in [6, 6.07) is 15.9. The Morgan fingerprint density at radius 1 is 1.00 bits per heavy atom. The number of anilines is 4. The monoisotopic (exact) mass is 368 g/mol. The van der Waals surface area contributed by atoms with E-state index in [1.165, 1.54) is 6.20 Å². The summed E-state index contributed by atoms with van der Waals surface area (Å²) in [5, 5.41) is 14.5. The van der Waals surface area contributed by atoms with E-state index in [1.807, 2.05) is 30.3 Å². The Balaban J connectivity index is 1.84. The highest BCUT2D eigenvalue weighted by molar-refractivity contribution is 7.98. The fourth-order valence-electron chi connectivity index (χ4n) is 2.15. The lowest BCUT2D eigenvalue weighted by atomic mass is 10.3. The fourth-order valence-corrected chi connectivity index (χ4v) is 2.75. The Bertz CT molecular complexity index is 1020. The van der Waals surface area contributed by atoms with Gasteiger partial charge in [0, 0.05) is 16.3 Å². The molecule has 1 aromatic heterocycles. The van der Waals surface area contributed by atoms with Gasteiger partial charge in [-0.25, -0.2) is 9.19 Å². The molecular formula is C17H16N6O2S. The van der Waals surface area contributed by atoms with Crippen LogP contribution >= 0.6 is 0 Å². The van der Waals surface area contributed by atoms with Crippen LogP contribution in [-0.2, 0) is 9.71 Å². The van der Waals surface area contributed by atoms with Crippen LogP contribution in [0.5, 0.6) is 0 Å². The van der Waals surface area contributed by atoms with Gasteiger partial charge >= 0.3 is 0 Å². The zero-order valence-corrected chi connectivity index (χ0v) is 14.4. The first-order chi connectivity index (χ1) is 12.5. The van der Waals surface area contributed by atoms with E-state index < -0.39 is 9.71 Å². The molecule has 4 N–H and O–H groups in total. The number of nitrogens with two attached hydrogens (primary N) is 1. The topological polar surface area (TPSA) is 122 Å². The van der Waals surface area contributed by atoms with E-state index in [1.54, 1.807) is 24.3 Å². The molecule has 1 heterocycles. The first-order valence-corrected chi connectivity index (χ1v) is 9.29. The maximum absolute atomic E-state index is 11.7. The molecule has 0 saturated heterocycles. The Morgan fingerprint density at radius 2 is 1.65 bits per heavy atom. The van der Waals surface area contributed by atoms with E-state index in [-0.39, 0.29) is 17.5 Å². The lowest BCUT2D eigenvalue weighted by Crippen LogP contribution is -2.11. The number of benzene rings is 2. The van der Waals surface area contributed by atoms with Crippen LogP contribution in [0.2, 0.25) is 0 Å². The molecule has 0 spiro atoms. The quantitative estimate of drug-likeness (QED) is 0.453. The number of hydrogen-bond donors (Lipinski definition) is 3. The molecule has 0 aliphatic rings. The number of aromatic nitrogens is 2. The first kappa shape index (κ1) is 17.5. The SMILES string of the molecule is C=S(N)(=O)c1ccc(Nc2ncc(N=O)c(Nc3ccccc3)n2)cc1. The summed E-state index contributed by atoms with van der Waals surface area (Å²) in [6.45, 7) is 0. The van der Waals surface area contributed by atoms with Gasteiger partial charge in [-0.2, -0.15) is 4.98 Å². The van der Waals surface area contributed by atoms with Gasteiger partial charge in [-0.05, 0) is 47.4 Å². The Hall–Kier alpha value is -3.30. The molecule has 0 aliphatic carbocycles. The number of hydrogen-bond acceptors (Lipinski definition) is 7. The standard InChI is InChI=1S/C17H16N6O2S/c1-26(18,25)14-9-7-13(8-10-14)21-17-19-11-15(23-24)16(22-17)20-12-5-3-2-4-6-12/h2-11H,1H2,(H2,18,25)(H2,19,20,21,22). The molecule has 132 valence electrons. The zero-order chi connectivity index (χ0) is 18.6. The second-order valence-electron chi connectivity index (χ2n) is 5.39. The average Bonchev–Trinajstić information content (AvgIpc) is 2.63. The molecule has 8 nitrogen and oxygen atoms in total. The highest BCUT2D eigenvalue weighted by atomic mass is 32.2. The molecule has 9 heteroatoms. The van der Waals surface area contributed by atoms with Crippen molar-refractivity contribution in [3.05, 3.63) is 65.7 Å². The van der Waals surface area contributed by atoms with Crippen LogP contribution in [0, 0.1) is 4.91 Å². The molecule has 0 amide bonds. The van der Waals surface area contributed by atoms with Crippen LogP contribution in [-0.4, -0.2) is 20.0 Å². The van der Waals surface area contributed by atoms with Crippen molar-refractivity contribution in [2.24, 2.45) is 10.3 Å². The molecule has 1 atom stereocenters. The predicted molar refractivity (Wildman–Crippen MR) is 105 cm³/mol. The minimum absolute atomic E-state index is 0.0923. The number of nitrogens with zero attached hydrogens (tertiary/aromatic N) is 3. The maximum Gasteiger partial charge on any atom is 0.229 e. The summed E-state index contributed by atoms with van der Waals surface area (Å²) in [6.07, 6.45) is 1.32. The number of rotatable bonds is 6. The Labute approximate surface area is 150 Å². The molecule has 0 fully saturated rings. The summed E-state index contributed by atoms with van der Waals surface area (Å²) >= 11 is 0. The van der Waals surface area contributed by atoms with Crippen molar-refractivity contribution in [3.8, 4) is 0 Å². The molecule has 1 unspecified atom stereocenters. The van der Waals surface area contributed by atoms with E-state index >= 15 is 0 Å². The van der Waals surface area contributed by atoms with Gasteiger partial charge in [0.25, 0.3) is 0 Å².